The number of rotatable bonds is 9. The molecule has 3 rings (SSSR count). The number of ether oxygens (including phenoxy) is 1. The predicted octanol–water partition coefficient (Wildman–Crippen LogP) is 4.84. The standard InChI is InChI=1S/C23H28ClN3O2/c1-4-22(28)25-11-7-10-21-26-19-8-5-6-9-20(19)27(21)12-13-29-18-14-16(2)23(24)17(3)15-18/h5-6,8-9,14-15H,4,7,10-13H2,1-3H3,(H,25,28). The minimum absolute atomic E-state index is 0.0838. The van der Waals surface area contributed by atoms with E-state index in [1.54, 1.807) is 0 Å². The number of carbonyl (C=O) groups is 1. The van der Waals surface area contributed by atoms with Crippen LogP contribution < -0.4 is 10.1 Å². The maximum Gasteiger partial charge on any atom is 0.219 e. The molecule has 0 atom stereocenters. The second kappa shape index (κ2) is 9.79. The fourth-order valence-corrected chi connectivity index (χ4v) is 3.52. The van der Waals surface area contributed by atoms with Crippen LogP contribution in [-0.4, -0.2) is 28.6 Å². The number of nitrogens with one attached hydrogen (secondary N) is 1. The van der Waals surface area contributed by atoms with Gasteiger partial charge in [0, 0.05) is 24.4 Å². The lowest BCUT2D eigenvalue weighted by molar-refractivity contribution is -0.120. The average Bonchev–Trinajstić information content (AvgIpc) is 3.06. The molecule has 0 bridgehead atoms. The van der Waals surface area contributed by atoms with Crippen molar-refractivity contribution in [2.75, 3.05) is 13.2 Å². The summed E-state index contributed by atoms with van der Waals surface area (Å²) in [4.78, 5) is 16.2. The Morgan fingerprint density at radius 2 is 1.93 bits per heavy atom. The van der Waals surface area contributed by atoms with Crippen LogP contribution in [-0.2, 0) is 17.8 Å². The Balaban J connectivity index is 1.68. The SMILES string of the molecule is CCC(=O)NCCCc1nc2ccccc2n1CCOc1cc(C)c(Cl)c(C)c1. The monoisotopic (exact) mass is 413 g/mol. The van der Waals surface area contributed by atoms with Crippen LogP contribution in [0, 0.1) is 13.8 Å². The first kappa shape index (κ1) is 21.2. The first-order valence-electron chi connectivity index (χ1n) is 10.1. The average molecular weight is 414 g/mol. The van der Waals surface area contributed by atoms with Gasteiger partial charge in [-0.15, -0.1) is 0 Å². The first-order valence-corrected chi connectivity index (χ1v) is 10.5. The molecule has 0 spiro atoms. The topological polar surface area (TPSA) is 56.2 Å². The molecule has 0 aliphatic carbocycles. The summed E-state index contributed by atoms with van der Waals surface area (Å²) in [5.41, 5.74) is 4.12. The summed E-state index contributed by atoms with van der Waals surface area (Å²) in [6.45, 7) is 7.74. The molecule has 0 aliphatic rings. The van der Waals surface area contributed by atoms with Crippen molar-refractivity contribution in [2.24, 2.45) is 0 Å². The van der Waals surface area contributed by atoms with Gasteiger partial charge in [0.1, 0.15) is 18.2 Å². The van der Waals surface area contributed by atoms with Gasteiger partial charge in [0.25, 0.3) is 0 Å². The highest BCUT2D eigenvalue weighted by molar-refractivity contribution is 6.32. The molecule has 1 amide bonds. The number of benzene rings is 2. The Hall–Kier alpha value is -2.53. The molecule has 2 aromatic carbocycles. The summed E-state index contributed by atoms with van der Waals surface area (Å²) < 4.78 is 8.22. The van der Waals surface area contributed by atoms with E-state index in [4.69, 9.17) is 21.3 Å². The molecule has 1 heterocycles. The molecular formula is C23H28ClN3O2. The van der Waals surface area contributed by atoms with Gasteiger partial charge in [-0.2, -0.15) is 0 Å². The van der Waals surface area contributed by atoms with Crippen LogP contribution in [0.1, 0.15) is 36.7 Å². The Kier molecular flexibility index (Phi) is 7.15. The van der Waals surface area contributed by atoms with E-state index in [1.807, 2.05) is 51.1 Å². The number of aromatic nitrogens is 2. The van der Waals surface area contributed by atoms with Crippen molar-refractivity contribution in [3.05, 3.63) is 58.4 Å². The maximum absolute atomic E-state index is 11.4. The molecule has 0 saturated carbocycles. The summed E-state index contributed by atoms with van der Waals surface area (Å²) in [6.07, 6.45) is 2.17. The largest absolute Gasteiger partial charge is 0.492 e. The number of halogens is 1. The maximum atomic E-state index is 11.4. The van der Waals surface area contributed by atoms with Gasteiger partial charge >= 0.3 is 0 Å². The lowest BCUT2D eigenvalue weighted by Crippen LogP contribution is -2.23. The normalized spacial score (nSPS) is 11.0. The van der Waals surface area contributed by atoms with E-state index < -0.39 is 0 Å². The van der Waals surface area contributed by atoms with Crippen LogP contribution in [0.25, 0.3) is 11.0 Å². The second-order valence-corrected chi connectivity index (χ2v) is 7.57. The number of amides is 1. The van der Waals surface area contributed by atoms with Crippen molar-refractivity contribution in [3.63, 3.8) is 0 Å². The van der Waals surface area contributed by atoms with Crippen LogP contribution >= 0.6 is 11.6 Å². The minimum Gasteiger partial charge on any atom is -0.492 e. The summed E-state index contributed by atoms with van der Waals surface area (Å²) in [6, 6.07) is 12.1. The number of hydrogen-bond acceptors (Lipinski definition) is 3. The van der Waals surface area contributed by atoms with Gasteiger partial charge in [0.15, 0.2) is 0 Å². The highest BCUT2D eigenvalue weighted by Crippen LogP contribution is 2.26. The number of fused-ring (bicyclic) bond motifs is 1. The van der Waals surface area contributed by atoms with Gasteiger partial charge in [-0.25, -0.2) is 4.98 Å². The van der Waals surface area contributed by atoms with E-state index in [1.165, 1.54) is 0 Å². The van der Waals surface area contributed by atoms with Crippen molar-refractivity contribution >= 4 is 28.5 Å². The van der Waals surface area contributed by atoms with E-state index in [-0.39, 0.29) is 5.91 Å². The highest BCUT2D eigenvalue weighted by atomic mass is 35.5. The zero-order valence-electron chi connectivity index (χ0n) is 17.3. The fourth-order valence-electron chi connectivity index (χ4n) is 3.41. The summed E-state index contributed by atoms with van der Waals surface area (Å²) >= 11 is 6.25. The van der Waals surface area contributed by atoms with Gasteiger partial charge < -0.3 is 14.6 Å². The van der Waals surface area contributed by atoms with Gasteiger partial charge in [0.05, 0.1) is 17.6 Å². The molecule has 1 aromatic heterocycles. The molecule has 0 saturated heterocycles. The van der Waals surface area contributed by atoms with Gasteiger partial charge in [0.2, 0.25) is 5.91 Å². The van der Waals surface area contributed by atoms with Crippen molar-refractivity contribution in [1.29, 1.82) is 0 Å². The third-order valence-electron chi connectivity index (χ3n) is 4.95. The molecule has 1 N–H and O–H groups in total. The third kappa shape index (κ3) is 5.30. The van der Waals surface area contributed by atoms with Crippen LogP contribution in [0.4, 0.5) is 0 Å². The Bertz CT molecular complexity index is 974. The molecule has 0 aliphatic heterocycles. The number of aryl methyl sites for hydroxylation is 3. The zero-order valence-corrected chi connectivity index (χ0v) is 18.1. The quantitative estimate of drug-likeness (QED) is 0.510. The van der Waals surface area contributed by atoms with Crippen LogP contribution in [0.5, 0.6) is 5.75 Å². The molecule has 0 fully saturated rings. The molecule has 5 nitrogen and oxygen atoms in total. The molecule has 6 heteroatoms. The van der Waals surface area contributed by atoms with Crippen molar-refractivity contribution in [2.45, 2.75) is 46.6 Å². The Morgan fingerprint density at radius 3 is 2.66 bits per heavy atom. The number of para-hydroxylation sites is 2. The van der Waals surface area contributed by atoms with Crippen molar-refractivity contribution in [3.8, 4) is 5.75 Å². The van der Waals surface area contributed by atoms with Crippen molar-refractivity contribution in [1.82, 2.24) is 14.9 Å². The predicted molar refractivity (Wildman–Crippen MR) is 118 cm³/mol. The first-order chi connectivity index (χ1) is 14.0. The molecule has 0 radical (unpaired) electrons. The number of nitrogens with zero attached hydrogens (tertiary/aromatic N) is 2. The van der Waals surface area contributed by atoms with E-state index in [0.29, 0.717) is 26.1 Å². The van der Waals surface area contributed by atoms with Crippen LogP contribution in [0.15, 0.2) is 36.4 Å². The molecular weight excluding hydrogens is 386 g/mol. The number of carbonyl (C=O) groups excluding carboxylic acids is 1. The zero-order chi connectivity index (χ0) is 20.8. The third-order valence-corrected chi connectivity index (χ3v) is 5.54. The van der Waals surface area contributed by atoms with Crippen LogP contribution in [0.3, 0.4) is 0 Å². The molecule has 29 heavy (non-hydrogen) atoms. The van der Waals surface area contributed by atoms with Gasteiger partial charge in [-0.05, 0) is 55.7 Å². The Morgan fingerprint density at radius 1 is 1.21 bits per heavy atom. The second-order valence-electron chi connectivity index (χ2n) is 7.19. The van der Waals surface area contributed by atoms with Crippen molar-refractivity contribution < 1.29 is 9.53 Å². The smallest absolute Gasteiger partial charge is 0.219 e. The van der Waals surface area contributed by atoms with Gasteiger partial charge in [-0.3, -0.25) is 4.79 Å². The summed E-state index contributed by atoms with van der Waals surface area (Å²) in [5, 5.41) is 3.71. The lowest BCUT2D eigenvalue weighted by Gasteiger charge is -2.13. The molecule has 3 aromatic rings. The lowest BCUT2D eigenvalue weighted by atomic mass is 10.1. The number of hydrogen-bond donors (Lipinski definition) is 1. The van der Waals surface area contributed by atoms with E-state index in [0.717, 1.165) is 51.6 Å². The highest BCUT2D eigenvalue weighted by Gasteiger charge is 2.11. The molecule has 154 valence electrons. The fraction of sp³-hybridized carbons (Fsp3) is 0.391. The van der Waals surface area contributed by atoms with Crippen LogP contribution in [0.2, 0.25) is 5.02 Å². The summed E-state index contributed by atoms with van der Waals surface area (Å²) in [7, 11) is 0. The van der Waals surface area contributed by atoms with E-state index >= 15 is 0 Å². The number of imidazole rings is 1. The van der Waals surface area contributed by atoms with Gasteiger partial charge in [-0.1, -0.05) is 30.7 Å². The van der Waals surface area contributed by atoms with E-state index in [2.05, 4.69) is 16.0 Å². The Labute approximate surface area is 177 Å². The summed E-state index contributed by atoms with van der Waals surface area (Å²) in [5.74, 6) is 1.93. The minimum atomic E-state index is 0.0838. The van der Waals surface area contributed by atoms with E-state index in [9.17, 15) is 4.79 Å². The molecule has 0 unspecified atom stereocenters.